The minimum absolute atomic E-state index is 0.150. The summed E-state index contributed by atoms with van der Waals surface area (Å²) in [5.41, 5.74) is 2.46. The van der Waals surface area contributed by atoms with Crippen LogP contribution in [-0.4, -0.2) is 12.4 Å². The molecule has 17 heavy (non-hydrogen) atoms. The number of hydrogen-bond donors (Lipinski definition) is 0. The maximum atomic E-state index is 12.2. The number of carbonyl (C=O) groups is 1. The molecule has 1 fully saturated rings. The zero-order valence-corrected chi connectivity index (χ0v) is 10.3. The average Bonchev–Trinajstić information content (AvgIpc) is 2.87. The second-order valence-electron chi connectivity index (χ2n) is 5.11. The number of Topliss-reactive ketones (excluding diaryl/α,β-unsaturated/α-hetero) is 1. The van der Waals surface area contributed by atoms with Gasteiger partial charge >= 0.3 is 0 Å². The highest BCUT2D eigenvalue weighted by Crippen LogP contribution is 2.48. The van der Waals surface area contributed by atoms with E-state index in [9.17, 15) is 4.79 Å². The van der Waals surface area contributed by atoms with E-state index in [4.69, 9.17) is 4.74 Å². The molecular formula is C15H18O2. The van der Waals surface area contributed by atoms with Crippen molar-refractivity contribution in [2.45, 2.75) is 44.4 Å². The van der Waals surface area contributed by atoms with Gasteiger partial charge < -0.3 is 4.74 Å². The van der Waals surface area contributed by atoms with Gasteiger partial charge in [-0.25, -0.2) is 0 Å². The second-order valence-corrected chi connectivity index (χ2v) is 5.11. The van der Waals surface area contributed by atoms with Crippen molar-refractivity contribution in [3.05, 3.63) is 29.3 Å². The van der Waals surface area contributed by atoms with E-state index in [-0.39, 0.29) is 5.41 Å². The summed E-state index contributed by atoms with van der Waals surface area (Å²) in [6.45, 7) is 2.67. The highest BCUT2D eigenvalue weighted by Gasteiger charge is 2.47. The average molecular weight is 230 g/mol. The molecule has 2 nitrogen and oxygen atoms in total. The van der Waals surface area contributed by atoms with Gasteiger partial charge in [0.05, 0.1) is 12.0 Å². The standard InChI is InChI=1S/C15H18O2/c1-2-17-12-6-5-11-7-9-15(13(11)10-12)8-3-4-14(15)16/h5-6,10H,2-4,7-9H2,1H3. The predicted octanol–water partition coefficient (Wildman–Crippen LogP) is 3.02. The summed E-state index contributed by atoms with van der Waals surface area (Å²) < 4.78 is 5.56. The highest BCUT2D eigenvalue weighted by molar-refractivity contribution is 5.93. The molecule has 1 saturated carbocycles. The molecule has 1 spiro atoms. The molecule has 0 aliphatic heterocycles. The van der Waals surface area contributed by atoms with Gasteiger partial charge in [0.2, 0.25) is 0 Å². The SMILES string of the molecule is CCOc1ccc2c(c1)C1(CCCC1=O)CC2. The fourth-order valence-corrected chi connectivity index (χ4v) is 3.44. The molecule has 0 radical (unpaired) electrons. The lowest BCUT2D eigenvalue weighted by Crippen LogP contribution is -2.27. The zero-order valence-electron chi connectivity index (χ0n) is 10.3. The largest absolute Gasteiger partial charge is 0.494 e. The van der Waals surface area contributed by atoms with Crippen LogP contribution in [0.2, 0.25) is 0 Å². The van der Waals surface area contributed by atoms with E-state index in [0.29, 0.717) is 12.4 Å². The quantitative estimate of drug-likeness (QED) is 0.780. The Bertz CT molecular complexity index is 464. The van der Waals surface area contributed by atoms with Crippen LogP contribution < -0.4 is 4.74 Å². The van der Waals surface area contributed by atoms with E-state index in [1.807, 2.05) is 13.0 Å². The molecule has 0 aromatic heterocycles. The van der Waals surface area contributed by atoms with E-state index < -0.39 is 0 Å². The van der Waals surface area contributed by atoms with E-state index in [1.165, 1.54) is 11.1 Å². The molecule has 1 unspecified atom stereocenters. The normalized spacial score (nSPS) is 26.5. The lowest BCUT2D eigenvalue weighted by molar-refractivity contribution is -0.122. The monoisotopic (exact) mass is 230 g/mol. The topological polar surface area (TPSA) is 26.3 Å². The van der Waals surface area contributed by atoms with Crippen LogP contribution in [0.15, 0.2) is 18.2 Å². The van der Waals surface area contributed by atoms with Crippen LogP contribution in [0, 0.1) is 0 Å². The summed E-state index contributed by atoms with van der Waals surface area (Å²) in [7, 11) is 0. The molecule has 90 valence electrons. The van der Waals surface area contributed by atoms with Gasteiger partial charge in [-0.15, -0.1) is 0 Å². The molecule has 1 atom stereocenters. The van der Waals surface area contributed by atoms with Crippen molar-refractivity contribution in [2.75, 3.05) is 6.61 Å². The van der Waals surface area contributed by atoms with Crippen molar-refractivity contribution in [1.29, 1.82) is 0 Å². The van der Waals surface area contributed by atoms with Crippen molar-refractivity contribution < 1.29 is 9.53 Å². The number of benzene rings is 1. The van der Waals surface area contributed by atoms with Gasteiger partial charge in [-0.2, -0.15) is 0 Å². The lowest BCUT2D eigenvalue weighted by atomic mass is 9.79. The summed E-state index contributed by atoms with van der Waals surface area (Å²) >= 11 is 0. The van der Waals surface area contributed by atoms with Gasteiger partial charge in [0.1, 0.15) is 11.5 Å². The zero-order chi connectivity index (χ0) is 11.9. The van der Waals surface area contributed by atoms with Crippen molar-refractivity contribution in [2.24, 2.45) is 0 Å². The molecule has 3 rings (SSSR count). The molecular weight excluding hydrogens is 212 g/mol. The smallest absolute Gasteiger partial charge is 0.143 e. The highest BCUT2D eigenvalue weighted by atomic mass is 16.5. The number of ether oxygens (including phenoxy) is 1. The maximum Gasteiger partial charge on any atom is 0.143 e. The molecule has 2 aliphatic rings. The summed E-state index contributed by atoms with van der Waals surface area (Å²) in [6, 6.07) is 6.27. The number of ketones is 1. The van der Waals surface area contributed by atoms with Crippen LogP contribution >= 0.6 is 0 Å². The van der Waals surface area contributed by atoms with Gasteiger partial charge in [-0.1, -0.05) is 6.07 Å². The van der Waals surface area contributed by atoms with Gasteiger partial charge in [0.25, 0.3) is 0 Å². The predicted molar refractivity (Wildman–Crippen MR) is 66.5 cm³/mol. The Morgan fingerprint density at radius 1 is 1.29 bits per heavy atom. The van der Waals surface area contributed by atoms with E-state index >= 15 is 0 Å². The molecule has 0 heterocycles. The Hall–Kier alpha value is -1.31. The number of aryl methyl sites for hydroxylation is 1. The molecule has 1 aromatic carbocycles. The number of fused-ring (bicyclic) bond motifs is 2. The van der Waals surface area contributed by atoms with Crippen LogP contribution in [0.1, 0.15) is 43.7 Å². The third-order valence-electron chi connectivity index (χ3n) is 4.27. The Morgan fingerprint density at radius 2 is 2.18 bits per heavy atom. The van der Waals surface area contributed by atoms with E-state index in [1.54, 1.807) is 0 Å². The van der Waals surface area contributed by atoms with Crippen LogP contribution in [-0.2, 0) is 16.6 Å². The van der Waals surface area contributed by atoms with Crippen molar-refractivity contribution in [3.63, 3.8) is 0 Å². The van der Waals surface area contributed by atoms with Gasteiger partial charge in [-0.3, -0.25) is 4.79 Å². The molecule has 0 amide bonds. The minimum Gasteiger partial charge on any atom is -0.494 e. The minimum atomic E-state index is -0.150. The molecule has 0 bridgehead atoms. The Morgan fingerprint density at radius 3 is 2.88 bits per heavy atom. The Kier molecular flexibility index (Phi) is 2.46. The number of carbonyl (C=O) groups excluding carboxylic acids is 1. The molecule has 2 aliphatic carbocycles. The molecule has 0 N–H and O–H groups in total. The fourth-order valence-electron chi connectivity index (χ4n) is 3.44. The van der Waals surface area contributed by atoms with E-state index in [2.05, 4.69) is 12.1 Å². The van der Waals surface area contributed by atoms with Crippen LogP contribution in [0.25, 0.3) is 0 Å². The first-order chi connectivity index (χ1) is 8.26. The van der Waals surface area contributed by atoms with Gasteiger partial charge in [0.15, 0.2) is 0 Å². The van der Waals surface area contributed by atoms with Gasteiger partial charge in [-0.05, 0) is 55.9 Å². The molecule has 2 heteroatoms. The van der Waals surface area contributed by atoms with Crippen molar-refractivity contribution in [1.82, 2.24) is 0 Å². The summed E-state index contributed by atoms with van der Waals surface area (Å²) in [6.07, 6.45) is 4.91. The van der Waals surface area contributed by atoms with Crippen LogP contribution in [0.5, 0.6) is 5.75 Å². The van der Waals surface area contributed by atoms with Crippen LogP contribution in [0.3, 0.4) is 0 Å². The Labute approximate surface area is 102 Å². The van der Waals surface area contributed by atoms with Crippen molar-refractivity contribution >= 4 is 5.78 Å². The first kappa shape index (κ1) is 10.8. The number of hydrogen-bond acceptors (Lipinski definition) is 2. The summed E-state index contributed by atoms with van der Waals surface area (Å²) in [4.78, 5) is 12.2. The maximum absolute atomic E-state index is 12.2. The Balaban J connectivity index is 2.05. The number of rotatable bonds is 2. The third-order valence-corrected chi connectivity index (χ3v) is 4.27. The van der Waals surface area contributed by atoms with Crippen molar-refractivity contribution in [3.8, 4) is 5.75 Å². The van der Waals surface area contributed by atoms with Crippen LogP contribution in [0.4, 0.5) is 0 Å². The summed E-state index contributed by atoms with van der Waals surface area (Å²) in [5, 5.41) is 0. The van der Waals surface area contributed by atoms with Gasteiger partial charge in [0, 0.05) is 6.42 Å². The first-order valence-corrected chi connectivity index (χ1v) is 6.56. The second kappa shape index (κ2) is 3.86. The first-order valence-electron chi connectivity index (χ1n) is 6.56. The van der Waals surface area contributed by atoms with E-state index in [0.717, 1.165) is 37.9 Å². The molecule has 1 aromatic rings. The third kappa shape index (κ3) is 1.50. The molecule has 0 saturated heterocycles. The fraction of sp³-hybridized carbons (Fsp3) is 0.533. The summed E-state index contributed by atoms with van der Waals surface area (Å²) in [5.74, 6) is 1.36. The lowest BCUT2D eigenvalue weighted by Gasteiger charge is -2.23.